The summed E-state index contributed by atoms with van der Waals surface area (Å²) >= 11 is 5.69. The average molecular weight is 341 g/mol. The summed E-state index contributed by atoms with van der Waals surface area (Å²) in [6.45, 7) is 0.730. The number of benzene rings is 1. The zero-order chi connectivity index (χ0) is 15.8. The number of amides is 1. The van der Waals surface area contributed by atoms with Crippen LogP contribution in [0, 0.1) is 11.6 Å². The molecule has 21 heavy (non-hydrogen) atoms. The van der Waals surface area contributed by atoms with Crippen molar-refractivity contribution >= 4 is 27.5 Å². The van der Waals surface area contributed by atoms with Gasteiger partial charge in [0, 0.05) is 6.61 Å². The zero-order valence-corrected chi connectivity index (χ0v) is 12.1. The van der Waals surface area contributed by atoms with Gasteiger partial charge < -0.3 is 10.1 Å². The van der Waals surface area contributed by atoms with Gasteiger partial charge in [-0.05, 0) is 12.5 Å². The summed E-state index contributed by atoms with van der Waals surface area (Å²) in [6.07, 6.45) is 0.551. The second kappa shape index (κ2) is 5.84. The van der Waals surface area contributed by atoms with Gasteiger partial charge in [-0.25, -0.2) is 22.3 Å². The van der Waals surface area contributed by atoms with Crippen molar-refractivity contribution in [1.82, 2.24) is 5.32 Å². The predicted octanol–water partition coefficient (Wildman–Crippen LogP) is 0.784. The molecular weight excluding hydrogens is 330 g/mol. The monoisotopic (exact) mass is 340 g/mol. The van der Waals surface area contributed by atoms with Crippen LogP contribution in [0.2, 0.25) is 5.02 Å². The number of hydrogen-bond acceptors (Lipinski definition) is 4. The maximum atomic E-state index is 13.5. The highest BCUT2D eigenvalue weighted by Gasteiger charge is 2.29. The van der Waals surface area contributed by atoms with Crippen molar-refractivity contribution < 1.29 is 26.7 Å². The van der Waals surface area contributed by atoms with Crippen molar-refractivity contribution in [3.05, 3.63) is 28.3 Å². The highest BCUT2D eigenvalue weighted by Crippen LogP contribution is 2.29. The molecule has 1 atom stereocenters. The van der Waals surface area contributed by atoms with Crippen molar-refractivity contribution in [3.8, 4) is 0 Å². The van der Waals surface area contributed by atoms with E-state index in [4.69, 9.17) is 21.5 Å². The molecule has 1 heterocycles. The number of nitrogens with one attached hydrogen (secondary N) is 1. The summed E-state index contributed by atoms with van der Waals surface area (Å²) in [7, 11) is -4.62. The van der Waals surface area contributed by atoms with E-state index < -0.39 is 43.0 Å². The Balaban J connectivity index is 2.44. The number of carbonyl (C=O) groups is 1. The van der Waals surface area contributed by atoms with Crippen molar-refractivity contribution in [2.24, 2.45) is 5.14 Å². The van der Waals surface area contributed by atoms with Gasteiger partial charge in [0.05, 0.1) is 23.2 Å². The smallest absolute Gasteiger partial charge is 0.253 e. The van der Waals surface area contributed by atoms with E-state index in [0.29, 0.717) is 19.1 Å². The van der Waals surface area contributed by atoms with Crippen LogP contribution in [0.3, 0.4) is 0 Å². The van der Waals surface area contributed by atoms with Crippen LogP contribution < -0.4 is 10.5 Å². The summed E-state index contributed by atoms with van der Waals surface area (Å²) < 4.78 is 54.6. The minimum absolute atomic E-state index is 0.273. The number of nitrogens with two attached hydrogens (primary N) is 1. The number of carbonyl (C=O) groups excluding carboxylic acids is 1. The Hall–Kier alpha value is -1.29. The number of halogens is 3. The highest BCUT2D eigenvalue weighted by molar-refractivity contribution is 7.89. The topological polar surface area (TPSA) is 98.5 Å². The first-order valence-corrected chi connectivity index (χ1v) is 7.73. The maximum absolute atomic E-state index is 13.5. The molecule has 1 aromatic rings. The molecule has 1 fully saturated rings. The third-order valence-corrected chi connectivity index (χ3v) is 4.37. The lowest BCUT2D eigenvalue weighted by Gasteiger charge is -2.13. The van der Waals surface area contributed by atoms with E-state index in [9.17, 15) is 22.0 Å². The number of hydrogen-bond donors (Lipinski definition) is 2. The van der Waals surface area contributed by atoms with Crippen molar-refractivity contribution in [3.63, 3.8) is 0 Å². The first-order valence-electron chi connectivity index (χ1n) is 5.80. The SMILES string of the molecule is NS(=O)(=O)c1c(F)c(F)cc(C(=O)NC2CCOC2)c1Cl. The van der Waals surface area contributed by atoms with Gasteiger partial charge in [-0.3, -0.25) is 4.79 Å². The van der Waals surface area contributed by atoms with Crippen LogP contribution in [0.15, 0.2) is 11.0 Å². The van der Waals surface area contributed by atoms with Crippen molar-refractivity contribution in [1.29, 1.82) is 0 Å². The zero-order valence-electron chi connectivity index (χ0n) is 10.5. The molecule has 0 radical (unpaired) electrons. The Morgan fingerprint density at radius 2 is 2.14 bits per heavy atom. The maximum Gasteiger partial charge on any atom is 0.253 e. The molecule has 1 aromatic carbocycles. The van der Waals surface area contributed by atoms with E-state index in [1.165, 1.54) is 0 Å². The van der Waals surface area contributed by atoms with E-state index in [1.54, 1.807) is 0 Å². The molecule has 2 rings (SSSR count). The van der Waals surface area contributed by atoms with E-state index in [1.807, 2.05) is 0 Å². The molecule has 6 nitrogen and oxygen atoms in total. The second-order valence-corrected chi connectivity index (χ2v) is 6.32. The molecule has 1 aliphatic heterocycles. The van der Waals surface area contributed by atoms with E-state index in [0.717, 1.165) is 0 Å². The quantitative estimate of drug-likeness (QED) is 0.794. The molecule has 3 N–H and O–H groups in total. The number of rotatable bonds is 3. The fourth-order valence-electron chi connectivity index (χ4n) is 1.91. The summed E-state index contributed by atoms with van der Waals surface area (Å²) in [5.74, 6) is -4.08. The van der Waals surface area contributed by atoms with Gasteiger partial charge >= 0.3 is 0 Å². The third kappa shape index (κ3) is 3.31. The van der Waals surface area contributed by atoms with Crippen molar-refractivity contribution in [2.45, 2.75) is 17.4 Å². The minimum Gasteiger partial charge on any atom is -0.379 e. The summed E-state index contributed by atoms with van der Waals surface area (Å²) in [4.78, 5) is 10.7. The molecule has 1 saturated heterocycles. The molecule has 0 saturated carbocycles. The standard InChI is InChI=1S/C11H11ClF2N2O4S/c12-8-6(11(17)16-5-1-2-20-4-5)3-7(13)9(14)10(8)21(15,18)19/h3,5H,1-2,4H2,(H,16,17)(H2,15,18,19). The third-order valence-electron chi connectivity index (χ3n) is 2.91. The summed E-state index contributed by atoms with van der Waals surface area (Å²) in [5.41, 5.74) is -0.508. The Bertz CT molecular complexity index is 690. The normalized spacial score (nSPS) is 18.8. The first-order chi connectivity index (χ1) is 9.71. The molecule has 0 spiro atoms. The fourth-order valence-corrected chi connectivity index (χ4v) is 3.16. The number of sulfonamides is 1. The second-order valence-electron chi connectivity index (χ2n) is 4.44. The van der Waals surface area contributed by atoms with E-state index >= 15 is 0 Å². The fraction of sp³-hybridized carbons (Fsp3) is 0.364. The van der Waals surface area contributed by atoms with Crippen LogP contribution in [0.5, 0.6) is 0 Å². The lowest BCUT2D eigenvalue weighted by atomic mass is 10.1. The van der Waals surface area contributed by atoms with Crippen LogP contribution in [0.4, 0.5) is 8.78 Å². The van der Waals surface area contributed by atoms with Crippen LogP contribution in [-0.4, -0.2) is 33.6 Å². The molecule has 10 heteroatoms. The predicted molar refractivity (Wildman–Crippen MR) is 69.4 cm³/mol. The lowest BCUT2D eigenvalue weighted by molar-refractivity contribution is 0.0929. The molecular formula is C11H11ClF2N2O4S. The first kappa shape index (κ1) is 16.1. The van der Waals surface area contributed by atoms with Gasteiger partial charge in [-0.2, -0.15) is 0 Å². The average Bonchev–Trinajstić information content (AvgIpc) is 2.85. The van der Waals surface area contributed by atoms with E-state index in [-0.39, 0.29) is 12.6 Å². The summed E-state index contributed by atoms with van der Waals surface area (Å²) in [6, 6.07) is 0.219. The van der Waals surface area contributed by atoms with Crippen LogP contribution in [-0.2, 0) is 14.8 Å². The van der Waals surface area contributed by atoms with Crippen LogP contribution >= 0.6 is 11.6 Å². The molecule has 0 bridgehead atoms. The number of ether oxygens (including phenoxy) is 1. The highest BCUT2D eigenvalue weighted by atomic mass is 35.5. The van der Waals surface area contributed by atoms with Gasteiger partial charge in [-0.1, -0.05) is 11.6 Å². The Morgan fingerprint density at radius 1 is 1.48 bits per heavy atom. The van der Waals surface area contributed by atoms with Gasteiger partial charge in [0.2, 0.25) is 10.0 Å². The van der Waals surface area contributed by atoms with Gasteiger partial charge in [-0.15, -0.1) is 0 Å². The molecule has 1 amide bonds. The molecule has 0 aliphatic carbocycles. The Labute approximate surface area is 124 Å². The molecule has 1 aliphatic rings. The van der Waals surface area contributed by atoms with Gasteiger partial charge in [0.25, 0.3) is 5.91 Å². The van der Waals surface area contributed by atoms with Gasteiger partial charge in [0.1, 0.15) is 4.90 Å². The van der Waals surface area contributed by atoms with Gasteiger partial charge in [0.15, 0.2) is 11.6 Å². The minimum atomic E-state index is -4.62. The van der Waals surface area contributed by atoms with Crippen LogP contribution in [0.1, 0.15) is 16.8 Å². The van der Waals surface area contributed by atoms with Crippen molar-refractivity contribution in [2.75, 3.05) is 13.2 Å². The molecule has 0 aromatic heterocycles. The Morgan fingerprint density at radius 3 is 2.67 bits per heavy atom. The number of primary sulfonamides is 1. The molecule has 1 unspecified atom stereocenters. The molecule has 116 valence electrons. The Kier molecular flexibility index (Phi) is 4.47. The van der Waals surface area contributed by atoms with Crippen LogP contribution in [0.25, 0.3) is 0 Å². The summed E-state index contributed by atoms with van der Waals surface area (Å²) in [5, 5.41) is 6.52. The largest absolute Gasteiger partial charge is 0.379 e. The van der Waals surface area contributed by atoms with E-state index in [2.05, 4.69) is 5.32 Å². The lowest BCUT2D eigenvalue weighted by Crippen LogP contribution is -2.35.